The van der Waals surface area contributed by atoms with Crippen molar-refractivity contribution in [2.75, 3.05) is 5.32 Å². The van der Waals surface area contributed by atoms with Gasteiger partial charge in [-0.15, -0.1) is 0 Å². The highest BCUT2D eigenvalue weighted by molar-refractivity contribution is 9.10. The summed E-state index contributed by atoms with van der Waals surface area (Å²) in [6.07, 6.45) is 1.37. The number of carbonyl (C=O) groups excluding carboxylic acids is 1. The lowest BCUT2D eigenvalue weighted by atomic mass is 10.5. The minimum absolute atomic E-state index is 0.143. The highest BCUT2D eigenvalue weighted by Crippen LogP contribution is 2.08. The van der Waals surface area contributed by atoms with Gasteiger partial charge in [-0.1, -0.05) is 0 Å². The summed E-state index contributed by atoms with van der Waals surface area (Å²) >= 11 is 3.15. The van der Waals surface area contributed by atoms with E-state index in [1.165, 1.54) is 13.3 Å². The fourth-order valence-electron chi connectivity index (χ4n) is 0.582. The van der Waals surface area contributed by atoms with Crippen molar-refractivity contribution in [3.63, 3.8) is 0 Å². The number of hydrogen-bond donors (Lipinski definition) is 1. The topological polar surface area (TPSA) is 54.9 Å². The maximum Gasteiger partial charge on any atom is 0.222 e. The van der Waals surface area contributed by atoms with Crippen molar-refractivity contribution < 1.29 is 4.79 Å². The molecule has 0 atom stereocenters. The second-order valence-electron chi connectivity index (χ2n) is 1.91. The number of hydrogen-bond acceptors (Lipinski definition) is 3. The van der Waals surface area contributed by atoms with E-state index in [-0.39, 0.29) is 5.91 Å². The highest BCUT2D eigenvalue weighted by atomic mass is 79.9. The van der Waals surface area contributed by atoms with Crippen LogP contribution in [-0.4, -0.2) is 15.9 Å². The van der Waals surface area contributed by atoms with Gasteiger partial charge in [0.1, 0.15) is 16.7 Å². The Hall–Kier alpha value is -0.970. The minimum Gasteiger partial charge on any atom is -0.311 e. The van der Waals surface area contributed by atoms with Crippen LogP contribution < -0.4 is 5.32 Å². The Bertz CT molecular complexity index is 276. The van der Waals surface area contributed by atoms with Crippen LogP contribution in [0.25, 0.3) is 0 Å². The maximum atomic E-state index is 10.5. The van der Waals surface area contributed by atoms with Crippen molar-refractivity contribution in [2.24, 2.45) is 0 Å². The molecule has 1 aromatic heterocycles. The monoisotopic (exact) mass is 215 g/mol. The quantitative estimate of drug-likeness (QED) is 0.717. The van der Waals surface area contributed by atoms with Crippen LogP contribution in [-0.2, 0) is 4.79 Å². The van der Waals surface area contributed by atoms with Crippen molar-refractivity contribution in [3.8, 4) is 0 Å². The number of amides is 1. The molecule has 0 saturated carbocycles. The van der Waals surface area contributed by atoms with Crippen molar-refractivity contribution in [1.82, 2.24) is 9.97 Å². The Kier molecular flexibility index (Phi) is 2.53. The zero-order valence-corrected chi connectivity index (χ0v) is 7.42. The molecule has 0 unspecified atom stereocenters. The van der Waals surface area contributed by atoms with E-state index in [4.69, 9.17) is 0 Å². The van der Waals surface area contributed by atoms with Gasteiger partial charge in [-0.3, -0.25) is 4.79 Å². The number of anilines is 1. The van der Waals surface area contributed by atoms with Crippen molar-refractivity contribution in [1.29, 1.82) is 0 Å². The smallest absolute Gasteiger partial charge is 0.222 e. The van der Waals surface area contributed by atoms with Crippen molar-refractivity contribution >= 4 is 27.7 Å². The predicted molar refractivity (Wildman–Crippen MR) is 44.0 cm³/mol. The van der Waals surface area contributed by atoms with E-state index in [0.29, 0.717) is 10.4 Å². The molecule has 5 heteroatoms. The molecule has 1 amide bonds. The lowest BCUT2D eigenvalue weighted by Gasteiger charge is -1.98. The minimum atomic E-state index is -0.143. The van der Waals surface area contributed by atoms with E-state index >= 15 is 0 Å². The lowest BCUT2D eigenvalue weighted by molar-refractivity contribution is -0.114. The molecule has 11 heavy (non-hydrogen) atoms. The van der Waals surface area contributed by atoms with Crippen LogP contribution in [0.4, 0.5) is 5.82 Å². The van der Waals surface area contributed by atoms with E-state index in [2.05, 4.69) is 31.2 Å². The molecule has 0 spiro atoms. The molecule has 0 bridgehead atoms. The first-order chi connectivity index (χ1) is 5.18. The number of nitrogens with zero attached hydrogens (tertiary/aromatic N) is 2. The first-order valence-electron chi connectivity index (χ1n) is 2.93. The van der Waals surface area contributed by atoms with Crippen molar-refractivity contribution in [3.05, 3.63) is 17.0 Å². The van der Waals surface area contributed by atoms with Crippen LogP contribution in [0, 0.1) is 0 Å². The summed E-state index contributed by atoms with van der Waals surface area (Å²) in [5.41, 5.74) is 0. The molecule has 1 aromatic rings. The molecule has 1 rings (SSSR count). The number of nitrogens with one attached hydrogen (secondary N) is 1. The Balaban J connectivity index is 2.79. The van der Waals surface area contributed by atoms with E-state index < -0.39 is 0 Å². The molecule has 0 aliphatic carbocycles. The number of carbonyl (C=O) groups is 1. The van der Waals surface area contributed by atoms with Gasteiger partial charge in [0.15, 0.2) is 0 Å². The molecular weight excluding hydrogens is 210 g/mol. The summed E-state index contributed by atoms with van der Waals surface area (Å²) in [6.45, 7) is 1.43. The van der Waals surface area contributed by atoms with E-state index in [9.17, 15) is 4.79 Å². The molecule has 1 heterocycles. The normalized spacial score (nSPS) is 9.27. The van der Waals surface area contributed by atoms with E-state index in [1.807, 2.05) is 0 Å². The van der Waals surface area contributed by atoms with Gasteiger partial charge in [0.05, 0.1) is 0 Å². The molecule has 1 N–H and O–H groups in total. The Morgan fingerprint density at radius 2 is 2.36 bits per heavy atom. The summed E-state index contributed by atoms with van der Waals surface area (Å²) in [5, 5.41) is 2.53. The number of aromatic nitrogens is 2. The first-order valence-corrected chi connectivity index (χ1v) is 3.73. The van der Waals surface area contributed by atoms with Gasteiger partial charge >= 0.3 is 0 Å². The van der Waals surface area contributed by atoms with Gasteiger partial charge in [0.2, 0.25) is 5.91 Å². The van der Waals surface area contributed by atoms with Gasteiger partial charge in [0, 0.05) is 13.0 Å². The van der Waals surface area contributed by atoms with E-state index in [1.54, 1.807) is 6.07 Å². The van der Waals surface area contributed by atoms with Crippen LogP contribution in [0.15, 0.2) is 17.0 Å². The molecule has 0 aromatic carbocycles. The van der Waals surface area contributed by atoms with Crippen molar-refractivity contribution in [2.45, 2.75) is 6.92 Å². The Morgan fingerprint density at radius 1 is 1.64 bits per heavy atom. The average molecular weight is 216 g/mol. The van der Waals surface area contributed by atoms with Crippen LogP contribution in [0.3, 0.4) is 0 Å². The van der Waals surface area contributed by atoms with Crippen LogP contribution in [0.2, 0.25) is 0 Å². The third-order valence-corrected chi connectivity index (χ3v) is 1.37. The second kappa shape index (κ2) is 3.43. The van der Waals surface area contributed by atoms with Gasteiger partial charge in [0.25, 0.3) is 0 Å². The molecule has 0 aliphatic rings. The SMILES string of the molecule is CC(=O)Nc1cc(Br)ncn1. The summed E-state index contributed by atoms with van der Waals surface area (Å²) in [4.78, 5) is 18.1. The van der Waals surface area contributed by atoms with Crippen LogP contribution >= 0.6 is 15.9 Å². The molecular formula is C6H6BrN3O. The molecule has 0 saturated heterocycles. The molecule has 0 aliphatic heterocycles. The molecule has 0 fully saturated rings. The van der Waals surface area contributed by atoms with Gasteiger partial charge in [-0.05, 0) is 15.9 Å². The molecule has 0 radical (unpaired) electrons. The zero-order chi connectivity index (χ0) is 8.27. The Labute approximate surface area is 72.2 Å². The van der Waals surface area contributed by atoms with Gasteiger partial charge in [-0.2, -0.15) is 0 Å². The fraction of sp³-hybridized carbons (Fsp3) is 0.167. The number of halogens is 1. The first kappa shape index (κ1) is 8.13. The van der Waals surface area contributed by atoms with E-state index in [0.717, 1.165) is 0 Å². The lowest BCUT2D eigenvalue weighted by Crippen LogP contribution is -2.07. The predicted octanol–water partition coefficient (Wildman–Crippen LogP) is 1.20. The molecule has 4 nitrogen and oxygen atoms in total. The summed E-state index contributed by atoms with van der Waals surface area (Å²) < 4.78 is 0.649. The standard InChI is InChI=1S/C6H6BrN3O/c1-4(11)10-6-2-5(7)8-3-9-6/h2-3H,1H3,(H,8,9,10,11). The molecule has 58 valence electrons. The fourth-order valence-corrected chi connectivity index (χ4v) is 0.891. The summed E-state index contributed by atoms with van der Waals surface area (Å²) in [5.74, 6) is 0.356. The maximum absolute atomic E-state index is 10.5. The number of rotatable bonds is 1. The van der Waals surface area contributed by atoms with Crippen LogP contribution in [0.5, 0.6) is 0 Å². The average Bonchev–Trinajstić information content (AvgIpc) is 1.85. The zero-order valence-electron chi connectivity index (χ0n) is 5.84. The van der Waals surface area contributed by atoms with Crippen LogP contribution in [0.1, 0.15) is 6.92 Å². The third-order valence-electron chi connectivity index (χ3n) is 0.938. The highest BCUT2D eigenvalue weighted by Gasteiger charge is 1.96. The summed E-state index contributed by atoms with van der Waals surface area (Å²) in [7, 11) is 0. The summed E-state index contributed by atoms with van der Waals surface area (Å²) in [6, 6.07) is 1.63. The Morgan fingerprint density at radius 3 is 2.91 bits per heavy atom. The van der Waals surface area contributed by atoms with Gasteiger partial charge < -0.3 is 5.32 Å². The largest absolute Gasteiger partial charge is 0.311 e. The second-order valence-corrected chi connectivity index (χ2v) is 2.72. The van der Waals surface area contributed by atoms with Gasteiger partial charge in [-0.25, -0.2) is 9.97 Å². The third kappa shape index (κ3) is 2.63.